The number of nitrogens with zero attached hydrogens (tertiary/aromatic N) is 4. The Morgan fingerprint density at radius 3 is 1.95 bits per heavy atom. The van der Waals surface area contributed by atoms with E-state index < -0.39 is 5.60 Å². The predicted molar refractivity (Wildman–Crippen MR) is 166 cm³/mol. The van der Waals surface area contributed by atoms with Gasteiger partial charge in [-0.05, 0) is 95.7 Å². The van der Waals surface area contributed by atoms with Crippen LogP contribution in [0.15, 0.2) is 36.4 Å². The Hall–Kier alpha value is -4.36. The third-order valence-electron chi connectivity index (χ3n) is 8.60. The second kappa shape index (κ2) is 11.3. The van der Waals surface area contributed by atoms with Crippen LogP contribution in [0.2, 0.25) is 0 Å². The number of aromatic amines is 2. The van der Waals surface area contributed by atoms with E-state index in [0.29, 0.717) is 13.2 Å². The summed E-state index contributed by atoms with van der Waals surface area (Å²) >= 11 is 0. The summed E-state index contributed by atoms with van der Waals surface area (Å²) in [6, 6.07) is 11.7. The number of aromatic nitrogens is 4. The summed E-state index contributed by atoms with van der Waals surface area (Å²) in [5.74, 6) is 8.24. The quantitative estimate of drug-likeness (QED) is 0.292. The lowest BCUT2D eigenvalue weighted by Gasteiger charge is -2.27. The van der Waals surface area contributed by atoms with Crippen molar-refractivity contribution in [1.82, 2.24) is 29.7 Å². The molecule has 3 fully saturated rings. The zero-order chi connectivity index (χ0) is 30.4. The molecule has 10 heteroatoms. The number of hydrogen-bond donors (Lipinski definition) is 2. The molecule has 228 valence electrons. The second-order valence-corrected chi connectivity index (χ2v) is 13.0. The van der Waals surface area contributed by atoms with Crippen molar-refractivity contribution in [1.29, 1.82) is 0 Å². The molecule has 10 nitrogen and oxygen atoms in total. The van der Waals surface area contributed by atoms with Crippen molar-refractivity contribution in [2.45, 2.75) is 83.1 Å². The normalized spacial score (nSPS) is 22.1. The molecule has 5 heterocycles. The first-order valence-corrected chi connectivity index (χ1v) is 15.6. The van der Waals surface area contributed by atoms with E-state index >= 15 is 0 Å². The molecule has 2 aromatic carbocycles. The number of ether oxygens (including phenoxy) is 2. The number of amides is 2. The second-order valence-electron chi connectivity index (χ2n) is 13.0. The Kier molecular flexibility index (Phi) is 7.29. The fraction of sp³-hybridized carbons (Fsp3) is 0.471. The molecule has 0 spiro atoms. The van der Waals surface area contributed by atoms with Gasteiger partial charge in [-0.15, -0.1) is 0 Å². The van der Waals surface area contributed by atoms with Gasteiger partial charge in [0.1, 0.15) is 23.4 Å². The third kappa shape index (κ3) is 5.64. The van der Waals surface area contributed by atoms with Crippen molar-refractivity contribution in [3.05, 3.63) is 59.2 Å². The van der Waals surface area contributed by atoms with Gasteiger partial charge in [0.25, 0.3) is 5.91 Å². The zero-order valence-corrected chi connectivity index (χ0v) is 25.5. The number of nitrogens with one attached hydrogen (secondary N) is 2. The summed E-state index contributed by atoms with van der Waals surface area (Å²) in [5.41, 5.74) is 4.68. The Morgan fingerprint density at radius 1 is 0.841 bits per heavy atom. The van der Waals surface area contributed by atoms with E-state index in [-0.39, 0.29) is 30.2 Å². The first-order chi connectivity index (χ1) is 21.2. The van der Waals surface area contributed by atoms with Gasteiger partial charge in [-0.3, -0.25) is 9.69 Å². The van der Waals surface area contributed by atoms with Crippen LogP contribution in [0, 0.1) is 11.8 Å². The molecule has 2 N–H and O–H groups in total. The third-order valence-corrected chi connectivity index (χ3v) is 8.60. The molecular weight excluding hydrogens is 556 g/mol. The van der Waals surface area contributed by atoms with Crippen molar-refractivity contribution in [2.24, 2.45) is 0 Å². The van der Waals surface area contributed by atoms with Gasteiger partial charge in [0.2, 0.25) is 0 Å². The van der Waals surface area contributed by atoms with Gasteiger partial charge in [0.15, 0.2) is 0 Å². The highest BCUT2D eigenvalue weighted by molar-refractivity contribution is 5.82. The maximum atomic E-state index is 13.1. The highest BCUT2D eigenvalue weighted by Gasteiger charge is 2.37. The lowest BCUT2D eigenvalue weighted by atomic mass is 10.1. The van der Waals surface area contributed by atoms with Crippen LogP contribution in [0.3, 0.4) is 0 Å². The predicted octanol–water partition coefficient (Wildman–Crippen LogP) is 5.75. The molecule has 4 aromatic rings. The fourth-order valence-corrected chi connectivity index (χ4v) is 6.54. The molecule has 3 atom stereocenters. The summed E-state index contributed by atoms with van der Waals surface area (Å²) in [6.45, 7) is 7.69. The van der Waals surface area contributed by atoms with Gasteiger partial charge >= 0.3 is 6.09 Å². The molecular formula is C34H38N6O4. The maximum absolute atomic E-state index is 13.1. The summed E-state index contributed by atoms with van der Waals surface area (Å²) in [7, 11) is 0. The molecule has 2 aromatic heterocycles. The minimum Gasteiger partial charge on any atom is -0.444 e. The van der Waals surface area contributed by atoms with Gasteiger partial charge in [-0.2, -0.15) is 0 Å². The fourth-order valence-electron chi connectivity index (χ4n) is 6.54. The molecule has 0 aliphatic carbocycles. The zero-order valence-electron chi connectivity index (χ0n) is 25.5. The molecule has 0 bridgehead atoms. The average molecular weight is 595 g/mol. The van der Waals surface area contributed by atoms with Crippen molar-refractivity contribution in [2.75, 3.05) is 19.7 Å². The van der Waals surface area contributed by atoms with Crippen molar-refractivity contribution >= 4 is 34.1 Å². The largest absolute Gasteiger partial charge is 0.444 e. The van der Waals surface area contributed by atoms with E-state index in [9.17, 15) is 9.59 Å². The van der Waals surface area contributed by atoms with Crippen LogP contribution in [-0.2, 0) is 14.3 Å². The number of hydrogen-bond acceptors (Lipinski definition) is 6. The van der Waals surface area contributed by atoms with E-state index in [1.165, 1.54) is 0 Å². The van der Waals surface area contributed by atoms with Crippen LogP contribution < -0.4 is 0 Å². The van der Waals surface area contributed by atoms with E-state index in [0.717, 1.165) is 89.9 Å². The molecule has 7 rings (SSSR count). The van der Waals surface area contributed by atoms with Crippen LogP contribution in [0.1, 0.15) is 94.2 Å². The first kappa shape index (κ1) is 28.4. The van der Waals surface area contributed by atoms with Crippen LogP contribution in [0.25, 0.3) is 22.1 Å². The number of likely N-dealkylation sites (tertiary alicyclic amines) is 2. The van der Waals surface area contributed by atoms with E-state index in [4.69, 9.17) is 19.4 Å². The van der Waals surface area contributed by atoms with Gasteiger partial charge in [0, 0.05) is 30.8 Å². The number of fused-ring (bicyclic) bond motifs is 2. The maximum Gasteiger partial charge on any atom is 0.410 e. The number of H-pyrrole nitrogens is 2. The van der Waals surface area contributed by atoms with Crippen molar-refractivity contribution in [3.8, 4) is 11.8 Å². The minimum absolute atomic E-state index is 0.0555. The number of rotatable bonds is 3. The Balaban J connectivity index is 1.08. The molecule has 0 saturated carbocycles. The van der Waals surface area contributed by atoms with Crippen molar-refractivity contribution < 1.29 is 19.1 Å². The molecule has 44 heavy (non-hydrogen) atoms. The van der Waals surface area contributed by atoms with Crippen LogP contribution in [-0.4, -0.2) is 73.1 Å². The molecule has 3 saturated heterocycles. The first-order valence-electron chi connectivity index (χ1n) is 15.6. The number of carbonyl (C=O) groups excluding carboxylic acids is 2. The Morgan fingerprint density at radius 2 is 1.41 bits per heavy atom. The van der Waals surface area contributed by atoms with E-state index in [2.05, 4.69) is 21.8 Å². The van der Waals surface area contributed by atoms with Gasteiger partial charge in [0.05, 0.1) is 34.2 Å². The summed E-state index contributed by atoms with van der Waals surface area (Å²) < 4.78 is 11.3. The average Bonchev–Trinajstić information content (AvgIpc) is 3.83. The highest BCUT2D eigenvalue weighted by Crippen LogP contribution is 2.34. The molecule has 0 radical (unpaired) electrons. The lowest BCUT2D eigenvalue weighted by Crippen LogP contribution is -2.38. The van der Waals surface area contributed by atoms with Gasteiger partial charge in [-0.1, -0.05) is 11.8 Å². The number of carbonyl (C=O) groups is 2. The van der Waals surface area contributed by atoms with Crippen LogP contribution in [0.4, 0.5) is 4.79 Å². The standard InChI is InChI=1S/C34H38N6O4/c1-34(2,3)44-33(42)40-17-5-8-28(40)31-36-24-15-13-22(20-26(24)38-31)11-10-21-12-14-23-25(19-21)37-30(35-23)27-7-4-16-39(27)32(41)29-9-6-18-43-29/h12-15,19-20,27-29H,4-9,16-18H2,1-3H3,(H,35,37)(H,36,38)/t27-,28-,29+/m0/s1. The SMILES string of the molecule is CC(C)(C)OC(=O)N1CCC[C@H]1c1nc2ccc(C#Cc3ccc4nc([C@@H]5CCCN5C(=O)[C@H]5CCCO5)[nH]c4c3)cc2[nH]1. The molecule has 3 aliphatic heterocycles. The lowest BCUT2D eigenvalue weighted by molar-refractivity contribution is -0.142. The topological polar surface area (TPSA) is 116 Å². The Labute approximate surface area is 256 Å². The highest BCUT2D eigenvalue weighted by atomic mass is 16.6. The molecule has 2 amide bonds. The van der Waals surface area contributed by atoms with Gasteiger partial charge < -0.3 is 24.3 Å². The van der Waals surface area contributed by atoms with E-state index in [1.54, 1.807) is 4.90 Å². The Bertz CT molecular complexity index is 1780. The molecule has 3 aliphatic rings. The van der Waals surface area contributed by atoms with Crippen molar-refractivity contribution in [3.63, 3.8) is 0 Å². The monoisotopic (exact) mass is 594 g/mol. The summed E-state index contributed by atoms with van der Waals surface area (Å²) in [4.78, 5) is 46.1. The number of imidazole rings is 2. The van der Waals surface area contributed by atoms with Gasteiger partial charge in [-0.25, -0.2) is 14.8 Å². The number of benzene rings is 2. The van der Waals surface area contributed by atoms with Crippen LogP contribution in [0.5, 0.6) is 0 Å². The minimum atomic E-state index is -0.544. The summed E-state index contributed by atoms with van der Waals surface area (Å²) in [6.07, 6.45) is 4.72. The molecule has 0 unspecified atom stereocenters. The van der Waals surface area contributed by atoms with E-state index in [1.807, 2.05) is 62.1 Å². The smallest absolute Gasteiger partial charge is 0.410 e. The van der Waals surface area contributed by atoms with Crippen LogP contribution >= 0.6 is 0 Å². The summed E-state index contributed by atoms with van der Waals surface area (Å²) in [5, 5.41) is 0.